The summed E-state index contributed by atoms with van der Waals surface area (Å²) in [5, 5.41) is 13.2. The Morgan fingerprint density at radius 3 is 0.838 bits per heavy atom. The summed E-state index contributed by atoms with van der Waals surface area (Å²) in [5.74, 6) is 3.87. The highest BCUT2D eigenvalue weighted by Gasteiger charge is 2.31. The van der Waals surface area contributed by atoms with E-state index >= 15 is 0 Å². The number of rotatable bonds is 12. The summed E-state index contributed by atoms with van der Waals surface area (Å²) < 4.78 is 26.0. The molecule has 16 rings (SSSR count). The number of fused-ring (bicyclic) bond motifs is 5. The molecule has 6 heteroatoms. The quantitative estimate of drug-likeness (QED) is 0.109. The highest BCUT2D eigenvalue weighted by Crippen LogP contribution is 2.43. The van der Waals surface area contributed by atoms with Crippen LogP contribution in [0.25, 0.3) is 110 Å². The van der Waals surface area contributed by atoms with Crippen LogP contribution in [0.2, 0.25) is 0 Å². The highest BCUT2D eigenvalue weighted by molar-refractivity contribution is 5.99. The molecule has 0 atom stereocenters. The zero-order valence-electron chi connectivity index (χ0n) is 86.7. The molecule has 0 amide bonds. The number of nitrogens with zero attached hydrogens (tertiary/aromatic N) is 5. The first-order valence-corrected chi connectivity index (χ1v) is 48.4. The molecule has 0 saturated heterocycles. The van der Waals surface area contributed by atoms with E-state index in [1.54, 1.807) is 5.56 Å². The zero-order valence-corrected chi connectivity index (χ0v) is 86.7. The van der Waals surface area contributed by atoms with Crippen LogP contribution in [0.3, 0.4) is 0 Å². The van der Waals surface area contributed by atoms with Crippen molar-refractivity contribution in [1.82, 2.24) is 0 Å². The average molecular weight is 1730 g/mol. The van der Waals surface area contributed by atoms with Crippen molar-refractivity contribution in [2.75, 3.05) is 0 Å². The average Bonchev–Trinajstić information content (AvgIpc) is 0.864. The lowest BCUT2D eigenvalue weighted by Gasteiger charge is -2.22. The third-order valence-corrected chi connectivity index (χ3v) is 29.6. The highest BCUT2D eigenvalue weighted by atomic mass is 19.1. The van der Waals surface area contributed by atoms with Crippen LogP contribution in [0.1, 0.15) is 311 Å². The Labute approximate surface area is 783 Å². The van der Waals surface area contributed by atoms with Crippen molar-refractivity contribution in [3.05, 3.63) is 321 Å². The van der Waals surface area contributed by atoms with Crippen LogP contribution in [0.15, 0.2) is 176 Å². The van der Waals surface area contributed by atoms with Gasteiger partial charge in [0.15, 0.2) is 28.5 Å². The van der Waals surface area contributed by atoms with Gasteiger partial charge in [-0.1, -0.05) is 207 Å². The van der Waals surface area contributed by atoms with Gasteiger partial charge in [-0.3, -0.25) is 0 Å². The van der Waals surface area contributed by atoms with Crippen molar-refractivity contribution >= 4 is 53.9 Å². The molecule has 0 bridgehead atoms. The second-order valence-corrected chi connectivity index (χ2v) is 41.9. The molecule has 0 spiro atoms. The van der Waals surface area contributed by atoms with Gasteiger partial charge in [-0.25, -0.2) is 4.39 Å². The fourth-order valence-corrected chi connectivity index (χ4v) is 19.6. The van der Waals surface area contributed by atoms with Gasteiger partial charge >= 0.3 is 0 Å². The predicted octanol–water partition coefficient (Wildman–Crippen LogP) is 31.7. The van der Waals surface area contributed by atoms with E-state index in [0.29, 0.717) is 41.1 Å². The minimum Gasteiger partial charge on any atom is -0.206 e. The predicted molar refractivity (Wildman–Crippen MR) is 558 cm³/mol. The van der Waals surface area contributed by atoms with Crippen molar-refractivity contribution in [1.29, 1.82) is 0 Å². The molecule has 15 aromatic rings. The third kappa shape index (κ3) is 20.3. The van der Waals surface area contributed by atoms with Crippen LogP contribution in [0, 0.1) is 124 Å². The molecule has 1 aliphatic rings. The molecule has 5 nitrogen and oxygen atoms in total. The lowest BCUT2D eigenvalue weighted by Crippen LogP contribution is -2.35. The van der Waals surface area contributed by atoms with Crippen molar-refractivity contribution < 1.29 is 27.2 Å². The van der Waals surface area contributed by atoms with Crippen molar-refractivity contribution in [2.45, 2.75) is 294 Å². The van der Waals surface area contributed by atoms with E-state index in [1.807, 2.05) is 26.8 Å². The molecular weight excluding hydrogens is 1580 g/mol. The first kappa shape index (κ1) is 98.2. The van der Waals surface area contributed by atoms with Crippen LogP contribution in [0.4, 0.5) is 4.39 Å². The van der Waals surface area contributed by atoms with Gasteiger partial charge in [0.05, 0.1) is 54.7 Å². The van der Waals surface area contributed by atoms with Gasteiger partial charge in [0.25, 0.3) is 0 Å². The Kier molecular flexibility index (Phi) is 30.0. The van der Waals surface area contributed by atoms with Gasteiger partial charge in [-0.2, -0.15) is 22.8 Å². The second-order valence-electron chi connectivity index (χ2n) is 41.9. The number of hydrogen-bond acceptors (Lipinski definition) is 0. The molecule has 1 saturated carbocycles. The summed E-state index contributed by atoms with van der Waals surface area (Å²) in [7, 11) is 10.9. The van der Waals surface area contributed by atoms with Gasteiger partial charge in [0.1, 0.15) is 41.1 Å². The van der Waals surface area contributed by atoms with Gasteiger partial charge in [-0.05, 0) is 336 Å². The lowest BCUT2D eigenvalue weighted by atomic mass is 9.82. The van der Waals surface area contributed by atoms with E-state index in [1.165, 1.54) is 242 Å². The van der Waals surface area contributed by atoms with Crippen LogP contribution in [0.5, 0.6) is 0 Å². The van der Waals surface area contributed by atoms with E-state index in [-0.39, 0.29) is 11.2 Å². The van der Waals surface area contributed by atoms with E-state index in [0.717, 1.165) is 28.3 Å². The molecule has 1 fully saturated rings. The summed E-state index contributed by atoms with van der Waals surface area (Å²) in [4.78, 5) is 0. The molecule has 130 heavy (non-hydrogen) atoms. The van der Waals surface area contributed by atoms with Crippen LogP contribution < -0.4 is 22.8 Å². The lowest BCUT2D eigenvalue weighted by molar-refractivity contribution is -0.665. The van der Waals surface area contributed by atoms with Gasteiger partial charge < -0.3 is 0 Å². The summed E-state index contributed by atoms with van der Waals surface area (Å²) in [5.41, 5.74) is 45.8. The normalized spacial score (nSPS) is 12.5. The summed E-state index contributed by atoms with van der Waals surface area (Å²) in [6.07, 6.45) is 5.46. The topological polar surface area (TPSA) is 19.4 Å². The molecule has 0 radical (unpaired) electrons. The van der Waals surface area contributed by atoms with Gasteiger partial charge in [0, 0.05) is 65.0 Å². The number of pyridine rings is 5. The van der Waals surface area contributed by atoms with E-state index in [4.69, 9.17) is 0 Å². The molecule has 0 aliphatic heterocycles. The largest absolute Gasteiger partial charge is 0.220 e. The van der Waals surface area contributed by atoms with E-state index < -0.39 is 0 Å². The SMILES string of the molecule is Cc1cc(-c2c3ccc(C(C)C)cc3cc(C)[n+]2C)c(C)c(C)c1F.Cc1cc(C(C)(C)C)cc(-c2c3ccc(C(C)C)cc3cc(C)[n+]2C)c1C.Cc1cc(C(C)C)cc(-c2c3ccc(C(C)C)cc3cc(C)[n+]2C)c1C.Cc1cc(C)c(C)c(-c2c3ccc(C(C)C)cc3cc(C)[n+]2C)c1.Cc1cc(C2CCCC2)cc(-c2c3ccc(C(C)C)cc3cc(C)[n+]2C)c1C. The van der Waals surface area contributed by atoms with Crippen LogP contribution in [-0.2, 0) is 40.7 Å². The minimum absolute atomic E-state index is 0.0945. The fourth-order valence-electron chi connectivity index (χ4n) is 19.6. The molecule has 0 unspecified atom stereocenters. The molecule has 0 N–H and O–H groups in total. The monoisotopic (exact) mass is 1730 g/mol. The number of aryl methyl sites for hydroxylation is 11. The zero-order chi connectivity index (χ0) is 95.3. The maximum atomic E-state index is 14.3. The minimum atomic E-state index is -0.0945. The fraction of sp³-hybridized carbons (Fsp3) is 0.395. The molecule has 678 valence electrons. The van der Waals surface area contributed by atoms with Crippen molar-refractivity contribution in [2.24, 2.45) is 35.2 Å². The van der Waals surface area contributed by atoms with E-state index in [9.17, 15) is 4.39 Å². The second kappa shape index (κ2) is 39.7. The standard InChI is InChI=1S/C27H34N.C26H34N.C25H32N.C23H27FN.C23H28N/c1-17(2)22-11-12-25-24(15-22)14-19(4)28(6)27(25)26-16-23(13-18(3)20(26)5)21-9-7-8-10-21;1-16(2)20-10-11-23-21(14-20)13-18(4)27(9)25(23)24-15-22(26(6,7)8)12-17(3)19(24)5;1-15(2)20-9-10-23-22(13-20)12-18(6)26(8)25(23)24-14-21(16(3)4)11-17(5)19(24)7;1-13(2)18-8-9-20-19(12-18)11-15(4)25(7)23(20)21-10-14(3)22(24)17(6)16(21)5;1-14(2)19-8-9-21-20(13-19)12-17(5)24(7)23(21)22-11-15(3)10-16(4)18(22)6/h11-17,21H,7-10H2,1-6H3;10-16H,1-9H3;9-16H,1-8H3;8-13H,1-7H3;8-14H,1-7H3/q5*+1. The molecule has 5 heterocycles. The molecule has 10 aromatic carbocycles. The first-order chi connectivity index (χ1) is 61.1. The Morgan fingerprint density at radius 2 is 0.531 bits per heavy atom. The number of hydrogen-bond donors (Lipinski definition) is 0. The first-order valence-electron chi connectivity index (χ1n) is 48.4. The van der Waals surface area contributed by atoms with Crippen molar-refractivity contribution in [3.63, 3.8) is 0 Å². The summed E-state index contributed by atoms with van der Waals surface area (Å²) in [6, 6.07) is 67.2. The third-order valence-electron chi connectivity index (χ3n) is 29.6. The maximum absolute atomic E-state index is 14.3. The van der Waals surface area contributed by atoms with E-state index in [2.05, 4.69) is 429 Å². The number of aromatic nitrogens is 5. The maximum Gasteiger partial charge on any atom is 0.220 e. The summed E-state index contributed by atoms with van der Waals surface area (Å²) >= 11 is 0. The van der Waals surface area contributed by atoms with Crippen LogP contribution in [-0.4, -0.2) is 0 Å². The number of halogens is 1. The molecule has 1 aliphatic carbocycles. The van der Waals surface area contributed by atoms with Crippen LogP contribution >= 0.6 is 0 Å². The van der Waals surface area contributed by atoms with Crippen molar-refractivity contribution in [3.8, 4) is 56.3 Å². The Balaban J connectivity index is 0.000000147. The van der Waals surface area contributed by atoms with Gasteiger partial charge in [0.2, 0.25) is 28.5 Å². The number of benzene rings is 10. The smallest absolute Gasteiger partial charge is 0.206 e. The Morgan fingerprint density at radius 1 is 0.262 bits per heavy atom. The molecule has 5 aromatic heterocycles. The molecular formula is C124H155FN5+5. The van der Waals surface area contributed by atoms with Gasteiger partial charge in [-0.15, -0.1) is 0 Å². The summed E-state index contributed by atoms with van der Waals surface area (Å²) in [6.45, 7) is 70.9. The Hall–Kier alpha value is -10.8. The Bertz CT molecular complexity index is 6860.